The molecule has 1 aliphatic heterocycles. The van der Waals surface area contributed by atoms with E-state index in [0.717, 1.165) is 16.8 Å². The van der Waals surface area contributed by atoms with E-state index < -0.39 is 11.8 Å². The number of anilines is 2. The van der Waals surface area contributed by atoms with Gasteiger partial charge in [0.15, 0.2) is 6.61 Å². The zero-order valence-electron chi connectivity index (χ0n) is 21.6. The highest BCUT2D eigenvalue weighted by atomic mass is 16.5. The molecular formula is C30H28N2O6. The molecule has 194 valence electrons. The number of carbonyl (C=O) groups is 3. The fraction of sp³-hybridized carbons (Fsp3) is 0.167. The summed E-state index contributed by atoms with van der Waals surface area (Å²) in [4.78, 5) is 39.6. The standard InChI is InChI=1S/C30H28N2O6/c1-19-5-11-23(12-6-19)32-20(2)28(30(35)37-4)29(34)26(32)17-21-7-13-25(14-8-21)38-18-27(33)31-22-9-15-24(36-3)16-10-22/h5-17H,18H2,1-4H3,(H,31,33)/b26-17-. The Labute approximate surface area is 221 Å². The third kappa shape index (κ3) is 5.75. The minimum absolute atomic E-state index is 0.00199. The highest BCUT2D eigenvalue weighted by Crippen LogP contribution is 2.36. The van der Waals surface area contributed by atoms with Gasteiger partial charge in [-0.05, 0) is 74.0 Å². The zero-order valence-corrected chi connectivity index (χ0v) is 21.6. The van der Waals surface area contributed by atoms with Crippen LogP contribution in [0.3, 0.4) is 0 Å². The monoisotopic (exact) mass is 512 g/mol. The number of amides is 1. The van der Waals surface area contributed by atoms with Crippen LogP contribution in [0.4, 0.5) is 11.4 Å². The van der Waals surface area contributed by atoms with E-state index in [1.165, 1.54) is 7.11 Å². The minimum Gasteiger partial charge on any atom is -0.497 e. The van der Waals surface area contributed by atoms with Crippen molar-refractivity contribution in [2.24, 2.45) is 0 Å². The Morgan fingerprint density at radius 2 is 1.50 bits per heavy atom. The third-order valence-electron chi connectivity index (χ3n) is 6.01. The van der Waals surface area contributed by atoms with Crippen molar-refractivity contribution in [3.63, 3.8) is 0 Å². The minimum atomic E-state index is -0.676. The summed E-state index contributed by atoms with van der Waals surface area (Å²) in [6, 6.07) is 21.6. The predicted molar refractivity (Wildman–Crippen MR) is 145 cm³/mol. The summed E-state index contributed by atoms with van der Waals surface area (Å²) in [6.07, 6.45) is 1.71. The first-order chi connectivity index (χ1) is 18.3. The molecule has 3 aromatic carbocycles. The number of carbonyl (C=O) groups excluding carboxylic acids is 3. The summed E-state index contributed by atoms with van der Waals surface area (Å²) in [5.41, 5.74) is 4.03. The van der Waals surface area contributed by atoms with Crippen molar-refractivity contribution in [1.82, 2.24) is 0 Å². The maximum absolute atomic E-state index is 13.3. The van der Waals surface area contributed by atoms with Crippen LogP contribution in [0, 0.1) is 6.92 Å². The second kappa shape index (κ2) is 11.5. The van der Waals surface area contributed by atoms with E-state index in [0.29, 0.717) is 28.6 Å². The Morgan fingerprint density at radius 3 is 2.11 bits per heavy atom. The molecule has 0 bridgehead atoms. The predicted octanol–water partition coefficient (Wildman–Crippen LogP) is 4.90. The van der Waals surface area contributed by atoms with Gasteiger partial charge in [0.2, 0.25) is 5.78 Å². The van der Waals surface area contributed by atoms with Crippen molar-refractivity contribution < 1.29 is 28.6 Å². The number of methoxy groups -OCH3 is 2. The van der Waals surface area contributed by atoms with Crippen molar-refractivity contribution in [1.29, 1.82) is 0 Å². The Balaban J connectivity index is 1.49. The second-order valence-corrected chi connectivity index (χ2v) is 8.62. The van der Waals surface area contributed by atoms with Gasteiger partial charge in [-0.1, -0.05) is 29.8 Å². The number of hydrogen-bond donors (Lipinski definition) is 1. The fourth-order valence-corrected chi connectivity index (χ4v) is 4.02. The van der Waals surface area contributed by atoms with Gasteiger partial charge in [-0.2, -0.15) is 0 Å². The number of Topliss-reactive ketones (excluding diaryl/α,β-unsaturated/α-hetero) is 1. The fourth-order valence-electron chi connectivity index (χ4n) is 4.02. The number of hydrogen-bond acceptors (Lipinski definition) is 7. The Morgan fingerprint density at radius 1 is 0.868 bits per heavy atom. The second-order valence-electron chi connectivity index (χ2n) is 8.62. The molecule has 0 unspecified atom stereocenters. The average Bonchev–Trinajstić information content (AvgIpc) is 3.17. The molecule has 8 nitrogen and oxygen atoms in total. The van der Waals surface area contributed by atoms with Crippen LogP contribution in [0.15, 0.2) is 89.8 Å². The average molecular weight is 513 g/mol. The van der Waals surface area contributed by atoms with Gasteiger partial charge < -0.3 is 24.4 Å². The largest absolute Gasteiger partial charge is 0.497 e. The summed E-state index contributed by atoms with van der Waals surface area (Å²) >= 11 is 0. The molecule has 1 amide bonds. The molecular weight excluding hydrogens is 484 g/mol. The number of ether oxygens (including phenoxy) is 3. The van der Waals surface area contributed by atoms with Crippen molar-refractivity contribution >= 4 is 35.1 Å². The first kappa shape index (κ1) is 26.2. The number of ketones is 1. The van der Waals surface area contributed by atoms with Crippen LogP contribution >= 0.6 is 0 Å². The van der Waals surface area contributed by atoms with Crippen molar-refractivity contribution in [3.05, 3.63) is 101 Å². The van der Waals surface area contributed by atoms with Crippen LogP contribution in [0.25, 0.3) is 6.08 Å². The molecule has 0 saturated carbocycles. The van der Waals surface area contributed by atoms with Crippen LogP contribution < -0.4 is 19.7 Å². The molecule has 38 heavy (non-hydrogen) atoms. The van der Waals surface area contributed by atoms with E-state index in [1.54, 1.807) is 73.5 Å². The summed E-state index contributed by atoms with van der Waals surface area (Å²) in [7, 11) is 2.83. The topological polar surface area (TPSA) is 94.2 Å². The van der Waals surface area contributed by atoms with Gasteiger partial charge in [-0.15, -0.1) is 0 Å². The molecule has 0 saturated heterocycles. The summed E-state index contributed by atoms with van der Waals surface area (Å²) < 4.78 is 15.6. The lowest BCUT2D eigenvalue weighted by Crippen LogP contribution is -2.20. The first-order valence-corrected chi connectivity index (χ1v) is 11.9. The van der Waals surface area contributed by atoms with E-state index >= 15 is 0 Å². The molecule has 8 heteroatoms. The lowest BCUT2D eigenvalue weighted by atomic mass is 10.1. The zero-order chi connectivity index (χ0) is 27.2. The van der Waals surface area contributed by atoms with Gasteiger partial charge in [0.25, 0.3) is 5.91 Å². The number of rotatable bonds is 8. The van der Waals surface area contributed by atoms with Gasteiger partial charge >= 0.3 is 5.97 Å². The number of allylic oxidation sites excluding steroid dienone is 2. The number of aryl methyl sites for hydroxylation is 1. The maximum atomic E-state index is 13.3. The molecule has 1 aliphatic rings. The molecule has 3 aromatic rings. The number of nitrogens with zero attached hydrogens (tertiary/aromatic N) is 1. The van der Waals surface area contributed by atoms with Gasteiger partial charge in [0, 0.05) is 17.1 Å². The van der Waals surface area contributed by atoms with E-state index in [1.807, 2.05) is 31.2 Å². The SMILES string of the molecule is COC(=O)C1=C(C)N(c2ccc(C)cc2)/C(=C\c2ccc(OCC(=O)Nc3ccc(OC)cc3)cc2)C1=O. The maximum Gasteiger partial charge on any atom is 0.343 e. The smallest absolute Gasteiger partial charge is 0.343 e. The number of benzene rings is 3. The van der Waals surface area contributed by atoms with Gasteiger partial charge in [0.05, 0.1) is 19.9 Å². The summed E-state index contributed by atoms with van der Waals surface area (Å²) in [6.45, 7) is 3.53. The molecule has 0 aliphatic carbocycles. The first-order valence-electron chi connectivity index (χ1n) is 11.9. The molecule has 0 radical (unpaired) electrons. The van der Waals surface area contributed by atoms with Crippen LogP contribution in [0.1, 0.15) is 18.1 Å². The quantitative estimate of drug-likeness (QED) is 0.261. The number of nitrogens with one attached hydrogen (secondary N) is 1. The van der Waals surface area contributed by atoms with Crippen LogP contribution in [0.5, 0.6) is 11.5 Å². The van der Waals surface area contributed by atoms with Gasteiger partial charge in [0.1, 0.15) is 17.1 Å². The van der Waals surface area contributed by atoms with Crippen molar-refractivity contribution in [3.8, 4) is 11.5 Å². The van der Waals surface area contributed by atoms with Crippen LogP contribution in [0.2, 0.25) is 0 Å². The lowest BCUT2D eigenvalue weighted by Gasteiger charge is -2.21. The molecule has 1 N–H and O–H groups in total. The van der Waals surface area contributed by atoms with E-state index in [4.69, 9.17) is 14.2 Å². The third-order valence-corrected chi connectivity index (χ3v) is 6.01. The normalized spacial score (nSPS) is 14.1. The van der Waals surface area contributed by atoms with Crippen LogP contribution in [-0.4, -0.2) is 38.5 Å². The molecule has 1 heterocycles. The van der Waals surface area contributed by atoms with Crippen LogP contribution in [-0.2, 0) is 19.1 Å². The highest BCUT2D eigenvalue weighted by molar-refractivity contribution is 6.30. The summed E-state index contributed by atoms with van der Waals surface area (Å²) in [5, 5.41) is 2.76. The van der Waals surface area contributed by atoms with E-state index in [-0.39, 0.29) is 18.1 Å². The Bertz CT molecular complexity index is 1400. The van der Waals surface area contributed by atoms with Gasteiger partial charge in [-0.25, -0.2) is 4.79 Å². The molecule has 0 aromatic heterocycles. The van der Waals surface area contributed by atoms with E-state index in [2.05, 4.69) is 5.32 Å². The Hall–Kier alpha value is -4.85. The Kier molecular flexibility index (Phi) is 7.91. The van der Waals surface area contributed by atoms with E-state index in [9.17, 15) is 14.4 Å². The molecule has 0 fully saturated rings. The van der Waals surface area contributed by atoms with Crippen molar-refractivity contribution in [2.75, 3.05) is 31.0 Å². The van der Waals surface area contributed by atoms with Gasteiger partial charge in [-0.3, -0.25) is 9.59 Å². The summed E-state index contributed by atoms with van der Waals surface area (Å²) in [5.74, 6) is -0.198. The molecule has 4 rings (SSSR count). The number of esters is 1. The lowest BCUT2D eigenvalue weighted by molar-refractivity contribution is -0.137. The molecule has 0 spiro atoms. The van der Waals surface area contributed by atoms with Crippen molar-refractivity contribution in [2.45, 2.75) is 13.8 Å². The highest BCUT2D eigenvalue weighted by Gasteiger charge is 2.38. The molecule has 0 atom stereocenters.